The monoisotopic (exact) mass is 352 g/mol. The molecule has 1 aliphatic heterocycles. The predicted octanol–water partition coefficient (Wildman–Crippen LogP) is 2.54. The van der Waals surface area contributed by atoms with Gasteiger partial charge in [-0.2, -0.15) is 10.1 Å². The van der Waals surface area contributed by atoms with Gasteiger partial charge in [-0.3, -0.25) is 4.79 Å². The first-order valence-corrected chi connectivity index (χ1v) is 8.77. The third-order valence-corrected chi connectivity index (χ3v) is 4.52. The fourth-order valence-electron chi connectivity index (χ4n) is 3.18. The molecule has 8 heteroatoms. The number of nitrogens with one attached hydrogen (secondary N) is 2. The second-order valence-corrected chi connectivity index (χ2v) is 6.40. The highest BCUT2D eigenvalue weighted by atomic mass is 16.3. The molecule has 134 valence electrons. The van der Waals surface area contributed by atoms with E-state index in [0.717, 1.165) is 31.6 Å². The van der Waals surface area contributed by atoms with Crippen molar-refractivity contribution in [1.29, 1.82) is 0 Å². The van der Waals surface area contributed by atoms with Gasteiger partial charge in [-0.05, 0) is 37.1 Å². The zero-order valence-electron chi connectivity index (χ0n) is 14.3. The molecule has 3 aromatic rings. The van der Waals surface area contributed by atoms with Gasteiger partial charge in [0.2, 0.25) is 5.95 Å². The predicted molar refractivity (Wildman–Crippen MR) is 100 cm³/mol. The van der Waals surface area contributed by atoms with E-state index in [2.05, 4.69) is 30.4 Å². The average molecular weight is 352 g/mol. The number of phenols is 1. The van der Waals surface area contributed by atoms with Crippen LogP contribution in [-0.2, 0) is 0 Å². The summed E-state index contributed by atoms with van der Waals surface area (Å²) in [5, 5.41) is 19.3. The summed E-state index contributed by atoms with van der Waals surface area (Å²) in [6.07, 6.45) is 6.18. The molecular weight excluding hydrogens is 332 g/mol. The van der Waals surface area contributed by atoms with Gasteiger partial charge in [0.25, 0.3) is 5.56 Å². The Morgan fingerprint density at radius 1 is 1.04 bits per heavy atom. The number of rotatable bonds is 3. The first-order valence-electron chi connectivity index (χ1n) is 8.77. The van der Waals surface area contributed by atoms with Gasteiger partial charge >= 0.3 is 0 Å². The van der Waals surface area contributed by atoms with Crippen molar-refractivity contribution >= 4 is 28.4 Å². The van der Waals surface area contributed by atoms with Crippen LogP contribution in [0.15, 0.2) is 35.3 Å². The van der Waals surface area contributed by atoms with Crippen LogP contribution in [0.5, 0.6) is 5.75 Å². The number of aromatic hydroxyl groups is 1. The Balaban J connectivity index is 1.80. The molecule has 0 radical (unpaired) electrons. The second-order valence-electron chi connectivity index (χ2n) is 6.40. The number of aromatic amines is 1. The number of nitrogens with zero attached hydrogens (tertiary/aromatic N) is 4. The van der Waals surface area contributed by atoms with E-state index in [1.807, 2.05) is 0 Å². The topological polar surface area (TPSA) is 107 Å². The molecule has 1 fully saturated rings. The maximum Gasteiger partial charge on any atom is 0.277 e. The summed E-state index contributed by atoms with van der Waals surface area (Å²) in [7, 11) is 0. The van der Waals surface area contributed by atoms with Crippen molar-refractivity contribution in [3.63, 3.8) is 0 Å². The van der Waals surface area contributed by atoms with Crippen molar-refractivity contribution in [2.75, 3.05) is 23.3 Å². The molecule has 0 amide bonds. The molecule has 1 aromatic carbocycles. The number of hydrogen-bond acceptors (Lipinski definition) is 7. The molecule has 1 saturated heterocycles. The maximum atomic E-state index is 12.3. The quantitative estimate of drug-likeness (QED) is 0.622. The van der Waals surface area contributed by atoms with Gasteiger partial charge in [-0.15, -0.1) is 0 Å². The minimum atomic E-state index is -0.341. The number of fused-ring (bicyclic) bond motifs is 1. The molecule has 0 atom stereocenters. The Hall–Kier alpha value is -3.16. The molecule has 0 spiro atoms. The summed E-state index contributed by atoms with van der Waals surface area (Å²) >= 11 is 0. The molecule has 26 heavy (non-hydrogen) atoms. The lowest BCUT2D eigenvalue weighted by atomic mass is 10.2. The van der Waals surface area contributed by atoms with Gasteiger partial charge in [-0.1, -0.05) is 12.8 Å². The largest absolute Gasteiger partial charge is 0.508 e. The lowest BCUT2D eigenvalue weighted by Crippen LogP contribution is -2.26. The second kappa shape index (κ2) is 6.99. The van der Waals surface area contributed by atoms with Crippen LogP contribution in [0.1, 0.15) is 25.7 Å². The van der Waals surface area contributed by atoms with Crippen LogP contribution < -0.4 is 15.8 Å². The normalized spacial score (nSPS) is 15.0. The highest BCUT2D eigenvalue weighted by Gasteiger charge is 2.17. The van der Waals surface area contributed by atoms with E-state index in [1.165, 1.54) is 12.8 Å². The van der Waals surface area contributed by atoms with Crippen LogP contribution in [0.3, 0.4) is 0 Å². The van der Waals surface area contributed by atoms with E-state index < -0.39 is 0 Å². The van der Waals surface area contributed by atoms with Crippen molar-refractivity contribution in [1.82, 2.24) is 20.2 Å². The lowest BCUT2D eigenvalue weighted by molar-refractivity contribution is 0.475. The third-order valence-electron chi connectivity index (χ3n) is 4.52. The first-order chi connectivity index (χ1) is 12.7. The van der Waals surface area contributed by atoms with Crippen LogP contribution in [-0.4, -0.2) is 38.4 Å². The molecule has 1 aliphatic rings. The third kappa shape index (κ3) is 3.30. The maximum absolute atomic E-state index is 12.3. The standard InChI is InChI=1S/C18H20N6O2/c25-13-7-5-12(6-8-13)20-16-15-14(11-19-23-17(15)26)21-18(22-16)24-9-3-1-2-4-10-24/h5-8,11,25H,1-4,9-10H2,(H,23,26)(H,20,21,22). The van der Waals surface area contributed by atoms with Crippen LogP contribution >= 0.6 is 0 Å². The number of phenolic OH excluding ortho intramolecular Hbond substituents is 1. The van der Waals surface area contributed by atoms with E-state index in [1.54, 1.807) is 30.5 Å². The highest BCUT2D eigenvalue weighted by molar-refractivity contribution is 5.90. The number of hydrogen-bond donors (Lipinski definition) is 3. The van der Waals surface area contributed by atoms with Crippen molar-refractivity contribution in [3.05, 3.63) is 40.8 Å². The summed E-state index contributed by atoms with van der Waals surface area (Å²) in [4.78, 5) is 23.7. The Labute approximate surface area is 149 Å². The van der Waals surface area contributed by atoms with Gasteiger partial charge in [0, 0.05) is 18.8 Å². The minimum Gasteiger partial charge on any atom is -0.508 e. The van der Waals surface area contributed by atoms with Crippen LogP contribution in [0.2, 0.25) is 0 Å². The minimum absolute atomic E-state index is 0.176. The SMILES string of the molecule is O=c1[nH]ncc2nc(N3CCCCCC3)nc(Nc3ccc(O)cc3)c12. The summed E-state index contributed by atoms with van der Waals surface area (Å²) in [5.74, 6) is 1.21. The molecule has 4 rings (SSSR count). The molecule has 3 N–H and O–H groups in total. The number of aromatic nitrogens is 4. The lowest BCUT2D eigenvalue weighted by Gasteiger charge is -2.21. The molecular formula is C18H20N6O2. The van der Waals surface area contributed by atoms with Crippen molar-refractivity contribution in [2.24, 2.45) is 0 Å². The zero-order valence-corrected chi connectivity index (χ0v) is 14.3. The summed E-state index contributed by atoms with van der Waals surface area (Å²) in [6.45, 7) is 1.81. The number of benzene rings is 1. The van der Waals surface area contributed by atoms with Gasteiger partial charge in [0.15, 0.2) is 0 Å². The fraction of sp³-hybridized carbons (Fsp3) is 0.333. The van der Waals surface area contributed by atoms with Crippen molar-refractivity contribution < 1.29 is 5.11 Å². The Bertz CT molecular complexity index is 962. The molecule has 0 unspecified atom stereocenters. The summed E-state index contributed by atoms with van der Waals surface area (Å²) in [5.41, 5.74) is 0.885. The van der Waals surface area contributed by atoms with Gasteiger partial charge in [0.05, 0.1) is 6.20 Å². The van der Waals surface area contributed by atoms with Crippen LogP contribution in [0, 0.1) is 0 Å². The van der Waals surface area contributed by atoms with Crippen molar-refractivity contribution in [3.8, 4) is 5.75 Å². The Morgan fingerprint density at radius 3 is 2.50 bits per heavy atom. The van der Waals surface area contributed by atoms with Crippen LogP contribution in [0.25, 0.3) is 10.9 Å². The summed E-state index contributed by atoms with van der Waals surface area (Å²) < 4.78 is 0. The first kappa shape index (κ1) is 16.3. The smallest absolute Gasteiger partial charge is 0.277 e. The molecule has 2 aromatic heterocycles. The molecule has 0 bridgehead atoms. The fourth-order valence-corrected chi connectivity index (χ4v) is 3.18. The number of anilines is 3. The van der Waals surface area contributed by atoms with Gasteiger partial charge in [0.1, 0.15) is 22.5 Å². The summed E-state index contributed by atoms with van der Waals surface area (Å²) in [6, 6.07) is 6.61. The van der Waals surface area contributed by atoms with Crippen molar-refractivity contribution in [2.45, 2.75) is 25.7 Å². The highest BCUT2D eigenvalue weighted by Crippen LogP contribution is 2.25. The molecule has 3 heterocycles. The Morgan fingerprint density at radius 2 is 1.77 bits per heavy atom. The van der Waals surface area contributed by atoms with E-state index in [0.29, 0.717) is 22.7 Å². The molecule has 0 saturated carbocycles. The average Bonchev–Trinajstić information content (AvgIpc) is 2.93. The van der Waals surface area contributed by atoms with Crippen LogP contribution in [0.4, 0.5) is 17.5 Å². The van der Waals surface area contributed by atoms with Gasteiger partial charge in [-0.25, -0.2) is 10.1 Å². The molecule has 0 aliphatic carbocycles. The van der Waals surface area contributed by atoms with E-state index >= 15 is 0 Å². The van der Waals surface area contributed by atoms with E-state index in [4.69, 9.17) is 0 Å². The molecule has 8 nitrogen and oxygen atoms in total. The number of H-pyrrole nitrogens is 1. The van der Waals surface area contributed by atoms with E-state index in [9.17, 15) is 9.90 Å². The van der Waals surface area contributed by atoms with Gasteiger partial charge < -0.3 is 15.3 Å². The van der Waals surface area contributed by atoms with E-state index in [-0.39, 0.29) is 11.3 Å². The Kier molecular flexibility index (Phi) is 4.39. The zero-order chi connectivity index (χ0) is 17.9.